The Morgan fingerprint density at radius 3 is 2.85 bits per heavy atom. The van der Waals surface area contributed by atoms with Gasteiger partial charge in [-0.1, -0.05) is 18.2 Å². The number of nitro groups is 1. The van der Waals surface area contributed by atoms with Crippen molar-refractivity contribution in [3.63, 3.8) is 0 Å². The number of nitrogens with zero attached hydrogens (tertiary/aromatic N) is 2. The second-order valence-electron chi connectivity index (χ2n) is 5.71. The van der Waals surface area contributed by atoms with Gasteiger partial charge < -0.3 is 14.5 Å². The Bertz CT molecular complexity index is 967. The van der Waals surface area contributed by atoms with E-state index < -0.39 is 4.92 Å². The molecule has 0 aliphatic carbocycles. The lowest BCUT2D eigenvalue weighted by Crippen LogP contribution is -2.12. The van der Waals surface area contributed by atoms with Gasteiger partial charge in [-0.2, -0.15) is 0 Å². The average Bonchev–Trinajstić information content (AvgIpc) is 3.16. The normalized spacial score (nSPS) is 10.4. The van der Waals surface area contributed by atoms with Crippen molar-refractivity contribution in [2.24, 2.45) is 0 Å². The topological polar surface area (TPSA) is 108 Å². The van der Waals surface area contributed by atoms with Crippen LogP contribution in [-0.2, 0) is 11.2 Å². The summed E-state index contributed by atoms with van der Waals surface area (Å²) < 4.78 is 10.9. The monoisotopic (exact) mass is 367 g/mol. The van der Waals surface area contributed by atoms with Gasteiger partial charge in [0.15, 0.2) is 11.7 Å². The highest BCUT2D eigenvalue weighted by molar-refractivity contribution is 5.91. The van der Waals surface area contributed by atoms with Gasteiger partial charge in [-0.05, 0) is 18.2 Å². The van der Waals surface area contributed by atoms with Crippen molar-refractivity contribution in [3.05, 3.63) is 70.7 Å². The molecule has 138 valence electrons. The van der Waals surface area contributed by atoms with Crippen LogP contribution in [0.25, 0.3) is 11.3 Å². The first-order chi connectivity index (χ1) is 13.0. The Balaban J connectivity index is 1.59. The summed E-state index contributed by atoms with van der Waals surface area (Å²) in [5, 5.41) is 13.4. The van der Waals surface area contributed by atoms with Gasteiger partial charge in [0, 0.05) is 36.2 Å². The van der Waals surface area contributed by atoms with Gasteiger partial charge in [0.1, 0.15) is 5.75 Å². The lowest BCUT2D eigenvalue weighted by Gasteiger charge is -2.04. The predicted molar refractivity (Wildman–Crippen MR) is 98.5 cm³/mol. The number of amides is 1. The van der Waals surface area contributed by atoms with Gasteiger partial charge in [-0.25, -0.2) is 4.98 Å². The van der Waals surface area contributed by atoms with Crippen molar-refractivity contribution in [2.75, 3.05) is 12.4 Å². The minimum atomic E-state index is -0.511. The van der Waals surface area contributed by atoms with E-state index in [4.69, 9.17) is 9.15 Å². The quantitative estimate of drug-likeness (QED) is 0.502. The van der Waals surface area contributed by atoms with Crippen LogP contribution in [0.2, 0.25) is 0 Å². The molecule has 3 rings (SSSR count). The van der Waals surface area contributed by atoms with Crippen LogP contribution in [0.15, 0.2) is 59.1 Å². The second kappa shape index (κ2) is 8.13. The fourth-order valence-electron chi connectivity index (χ4n) is 2.48. The molecule has 0 unspecified atom stereocenters. The Morgan fingerprint density at radius 2 is 2.07 bits per heavy atom. The second-order valence-corrected chi connectivity index (χ2v) is 5.71. The number of aromatic nitrogens is 1. The number of carbonyl (C=O) groups excluding carboxylic acids is 1. The Hall–Kier alpha value is -3.68. The zero-order valence-electron chi connectivity index (χ0n) is 14.5. The minimum absolute atomic E-state index is 0.0802. The molecule has 0 aliphatic rings. The molecule has 1 aromatic heterocycles. The van der Waals surface area contributed by atoms with E-state index in [0.29, 0.717) is 29.5 Å². The number of carbonyl (C=O) groups is 1. The first-order valence-corrected chi connectivity index (χ1v) is 8.18. The van der Waals surface area contributed by atoms with Gasteiger partial charge in [0.25, 0.3) is 5.69 Å². The van der Waals surface area contributed by atoms with Crippen LogP contribution >= 0.6 is 0 Å². The van der Waals surface area contributed by atoms with E-state index in [9.17, 15) is 14.9 Å². The third kappa shape index (κ3) is 4.69. The molecule has 0 fully saturated rings. The molecule has 3 aromatic rings. The molecule has 0 aliphatic heterocycles. The average molecular weight is 367 g/mol. The number of non-ortho nitro benzene ring substituents is 1. The standard InChI is InChI=1S/C19H17N3O5/c1-26-16-7-2-4-13(10-16)17-12-20-19(27-17)9-8-18(23)21-14-5-3-6-15(11-14)22(24)25/h2-7,10-12H,8-9H2,1H3,(H,21,23). The van der Waals surface area contributed by atoms with E-state index in [-0.39, 0.29) is 18.0 Å². The molecule has 0 saturated carbocycles. The van der Waals surface area contributed by atoms with Gasteiger partial charge >= 0.3 is 0 Å². The summed E-state index contributed by atoms with van der Waals surface area (Å²) in [5.41, 5.74) is 1.12. The largest absolute Gasteiger partial charge is 0.497 e. The Kier molecular flexibility index (Phi) is 5.46. The van der Waals surface area contributed by atoms with Crippen LogP contribution in [-0.4, -0.2) is 22.9 Å². The summed E-state index contributed by atoms with van der Waals surface area (Å²) in [4.78, 5) is 26.5. The summed E-state index contributed by atoms with van der Waals surface area (Å²) in [6.45, 7) is 0. The van der Waals surface area contributed by atoms with Crippen LogP contribution in [0.1, 0.15) is 12.3 Å². The maximum Gasteiger partial charge on any atom is 0.271 e. The van der Waals surface area contributed by atoms with Crippen LogP contribution in [0.3, 0.4) is 0 Å². The number of benzene rings is 2. The molecule has 1 amide bonds. The van der Waals surface area contributed by atoms with Crippen molar-refractivity contribution in [1.29, 1.82) is 0 Å². The molecule has 0 spiro atoms. The van der Waals surface area contributed by atoms with Crippen LogP contribution in [0.5, 0.6) is 5.75 Å². The van der Waals surface area contributed by atoms with E-state index >= 15 is 0 Å². The summed E-state index contributed by atoms with van der Waals surface area (Å²) in [6.07, 6.45) is 2.05. The Morgan fingerprint density at radius 1 is 1.26 bits per heavy atom. The molecular formula is C19H17N3O5. The predicted octanol–water partition coefficient (Wildman–Crippen LogP) is 3.83. The SMILES string of the molecule is COc1cccc(-c2cnc(CCC(=O)Nc3cccc([N+](=O)[O-])c3)o2)c1. The summed E-state index contributed by atoms with van der Waals surface area (Å²) in [6, 6.07) is 13.2. The van der Waals surface area contributed by atoms with Crippen molar-refractivity contribution >= 4 is 17.3 Å². The third-order valence-electron chi connectivity index (χ3n) is 3.81. The van der Waals surface area contributed by atoms with E-state index in [1.165, 1.54) is 18.2 Å². The fourth-order valence-corrected chi connectivity index (χ4v) is 2.48. The van der Waals surface area contributed by atoms with Crippen molar-refractivity contribution < 1.29 is 18.9 Å². The number of aryl methyl sites for hydroxylation is 1. The van der Waals surface area contributed by atoms with E-state index in [1.807, 2.05) is 24.3 Å². The molecule has 0 radical (unpaired) electrons. The molecule has 8 heteroatoms. The number of oxazole rings is 1. The molecule has 1 heterocycles. The van der Waals surface area contributed by atoms with E-state index in [1.54, 1.807) is 19.4 Å². The molecule has 8 nitrogen and oxygen atoms in total. The summed E-state index contributed by atoms with van der Waals surface area (Å²) in [7, 11) is 1.59. The first kappa shape index (κ1) is 18.1. The number of hydrogen-bond donors (Lipinski definition) is 1. The van der Waals surface area contributed by atoms with E-state index in [2.05, 4.69) is 10.3 Å². The molecular weight excluding hydrogens is 350 g/mol. The molecule has 27 heavy (non-hydrogen) atoms. The molecule has 1 N–H and O–H groups in total. The molecule has 2 aromatic carbocycles. The smallest absolute Gasteiger partial charge is 0.271 e. The zero-order chi connectivity index (χ0) is 19.2. The van der Waals surface area contributed by atoms with Crippen molar-refractivity contribution in [2.45, 2.75) is 12.8 Å². The van der Waals surface area contributed by atoms with Gasteiger partial charge in [0.05, 0.1) is 18.2 Å². The maximum absolute atomic E-state index is 12.1. The van der Waals surface area contributed by atoms with Gasteiger partial charge in [0.2, 0.25) is 5.91 Å². The van der Waals surface area contributed by atoms with Crippen LogP contribution < -0.4 is 10.1 Å². The highest BCUT2D eigenvalue weighted by atomic mass is 16.6. The molecule has 0 atom stereocenters. The number of ether oxygens (including phenoxy) is 1. The van der Waals surface area contributed by atoms with E-state index in [0.717, 1.165) is 5.56 Å². The van der Waals surface area contributed by atoms with Crippen molar-refractivity contribution in [3.8, 4) is 17.1 Å². The highest BCUT2D eigenvalue weighted by Gasteiger charge is 2.11. The third-order valence-corrected chi connectivity index (χ3v) is 3.81. The van der Waals surface area contributed by atoms with Crippen molar-refractivity contribution in [1.82, 2.24) is 4.98 Å². The fraction of sp³-hybridized carbons (Fsp3) is 0.158. The minimum Gasteiger partial charge on any atom is -0.497 e. The number of hydrogen-bond acceptors (Lipinski definition) is 6. The number of nitrogens with one attached hydrogen (secondary N) is 1. The number of nitro benzene ring substituents is 1. The lowest BCUT2D eigenvalue weighted by molar-refractivity contribution is -0.384. The summed E-state index contributed by atoms with van der Waals surface area (Å²) >= 11 is 0. The molecule has 0 saturated heterocycles. The maximum atomic E-state index is 12.1. The first-order valence-electron chi connectivity index (χ1n) is 8.18. The number of anilines is 1. The van der Waals surface area contributed by atoms with Crippen LogP contribution in [0, 0.1) is 10.1 Å². The zero-order valence-corrected chi connectivity index (χ0v) is 14.5. The van der Waals surface area contributed by atoms with Crippen LogP contribution in [0.4, 0.5) is 11.4 Å². The lowest BCUT2D eigenvalue weighted by atomic mass is 10.2. The molecule has 0 bridgehead atoms. The summed E-state index contributed by atoms with van der Waals surface area (Å²) in [5.74, 6) is 1.45. The highest BCUT2D eigenvalue weighted by Crippen LogP contribution is 2.25. The number of methoxy groups -OCH3 is 1. The van der Waals surface area contributed by atoms with Gasteiger partial charge in [-0.3, -0.25) is 14.9 Å². The Labute approximate surface area is 154 Å². The van der Waals surface area contributed by atoms with Gasteiger partial charge in [-0.15, -0.1) is 0 Å². The number of rotatable bonds is 7.